The Bertz CT molecular complexity index is 712. The Morgan fingerprint density at radius 3 is 2.21 bits per heavy atom. The molecule has 0 bridgehead atoms. The van der Waals surface area contributed by atoms with E-state index >= 15 is 0 Å². The van der Waals surface area contributed by atoms with E-state index in [0.29, 0.717) is 5.56 Å². The largest absolute Gasteiger partial charge is 0.460 e. The molecule has 0 saturated heterocycles. The first-order chi connectivity index (χ1) is 11.5. The van der Waals surface area contributed by atoms with Crippen LogP contribution in [0.3, 0.4) is 0 Å². The predicted octanol–water partition coefficient (Wildman–Crippen LogP) is 1.19. The van der Waals surface area contributed by atoms with Gasteiger partial charge in [0, 0.05) is 5.56 Å². The second-order valence-corrected chi connectivity index (χ2v) is 5.16. The lowest BCUT2D eigenvalue weighted by atomic mass is 10.1. The molecule has 2 aromatic carbocycles. The van der Waals surface area contributed by atoms with E-state index < -0.39 is 11.9 Å². The first kappa shape index (κ1) is 17.2. The number of carbonyl (C=O) groups is 3. The first-order valence-corrected chi connectivity index (χ1v) is 7.39. The zero-order valence-corrected chi connectivity index (χ0v) is 13.0. The summed E-state index contributed by atoms with van der Waals surface area (Å²) in [5.74, 6) is -1.29. The molecule has 2 rings (SSSR count). The third-order valence-electron chi connectivity index (χ3n) is 3.28. The Kier molecular flexibility index (Phi) is 6.08. The van der Waals surface area contributed by atoms with Crippen LogP contribution in [0.2, 0.25) is 0 Å². The first-order valence-electron chi connectivity index (χ1n) is 7.39. The summed E-state index contributed by atoms with van der Waals surface area (Å²) in [4.78, 5) is 34.3. The van der Waals surface area contributed by atoms with Crippen LogP contribution in [0, 0.1) is 0 Å². The molecule has 0 saturated carbocycles. The van der Waals surface area contributed by atoms with Gasteiger partial charge in [-0.3, -0.25) is 14.4 Å². The van der Waals surface area contributed by atoms with Gasteiger partial charge in [-0.2, -0.15) is 0 Å². The minimum absolute atomic E-state index is 0.0619. The van der Waals surface area contributed by atoms with Crippen molar-refractivity contribution in [1.29, 1.82) is 0 Å². The van der Waals surface area contributed by atoms with Gasteiger partial charge in [0.2, 0.25) is 11.8 Å². The zero-order valence-electron chi connectivity index (χ0n) is 13.0. The van der Waals surface area contributed by atoms with Crippen LogP contribution in [0.5, 0.6) is 0 Å². The SMILES string of the molecule is NC(=O)c1ccc(COC(=O)CNC(=O)Cc2ccccc2)cc1. The number of esters is 1. The highest BCUT2D eigenvalue weighted by atomic mass is 16.5. The molecule has 2 aromatic rings. The quantitative estimate of drug-likeness (QED) is 0.747. The Morgan fingerprint density at radius 1 is 0.917 bits per heavy atom. The number of carbonyl (C=O) groups excluding carboxylic acids is 3. The van der Waals surface area contributed by atoms with Crippen molar-refractivity contribution in [2.24, 2.45) is 5.73 Å². The van der Waals surface area contributed by atoms with Crippen molar-refractivity contribution < 1.29 is 19.1 Å². The summed E-state index contributed by atoms with van der Waals surface area (Å²) in [5.41, 5.74) is 7.13. The van der Waals surface area contributed by atoms with Crippen LogP contribution in [-0.2, 0) is 27.4 Å². The maximum Gasteiger partial charge on any atom is 0.325 e. The summed E-state index contributed by atoms with van der Waals surface area (Å²) in [7, 11) is 0. The van der Waals surface area contributed by atoms with Crippen LogP contribution in [0.4, 0.5) is 0 Å². The molecular weight excluding hydrogens is 308 g/mol. The molecule has 6 heteroatoms. The molecule has 0 aromatic heterocycles. The van der Waals surface area contributed by atoms with Gasteiger partial charge in [0.15, 0.2) is 0 Å². The fourth-order valence-corrected chi connectivity index (χ4v) is 1.99. The summed E-state index contributed by atoms with van der Waals surface area (Å²) < 4.78 is 5.06. The number of ether oxygens (including phenoxy) is 1. The van der Waals surface area contributed by atoms with Crippen molar-refractivity contribution in [3.8, 4) is 0 Å². The van der Waals surface area contributed by atoms with Crippen LogP contribution in [0.25, 0.3) is 0 Å². The van der Waals surface area contributed by atoms with E-state index in [1.807, 2.05) is 30.3 Å². The van der Waals surface area contributed by atoms with Gasteiger partial charge < -0.3 is 15.8 Å². The highest BCUT2D eigenvalue weighted by molar-refractivity contribution is 5.92. The van der Waals surface area contributed by atoms with Crippen LogP contribution in [-0.4, -0.2) is 24.3 Å². The molecular formula is C18H18N2O4. The van der Waals surface area contributed by atoms with Crippen LogP contribution in [0.15, 0.2) is 54.6 Å². The van der Waals surface area contributed by atoms with Gasteiger partial charge in [-0.15, -0.1) is 0 Å². The average molecular weight is 326 g/mol. The Hall–Kier alpha value is -3.15. The molecule has 124 valence electrons. The van der Waals surface area contributed by atoms with Gasteiger partial charge in [-0.25, -0.2) is 0 Å². The van der Waals surface area contributed by atoms with E-state index in [1.54, 1.807) is 24.3 Å². The number of nitrogens with one attached hydrogen (secondary N) is 1. The number of amides is 2. The minimum Gasteiger partial charge on any atom is -0.460 e. The van der Waals surface area contributed by atoms with Crippen LogP contribution < -0.4 is 11.1 Å². The van der Waals surface area contributed by atoms with E-state index in [2.05, 4.69) is 5.32 Å². The standard InChI is InChI=1S/C18H18N2O4/c19-18(23)15-8-6-14(7-9-15)12-24-17(22)11-20-16(21)10-13-4-2-1-3-5-13/h1-9H,10-12H2,(H2,19,23)(H,20,21). The van der Waals surface area contributed by atoms with E-state index in [4.69, 9.17) is 10.5 Å². The molecule has 24 heavy (non-hydrogen) atoms. The van der Waals surface area contributed by atoms with Crippen molar-refractivity contribution in [3.63, 3.8) is 0 Å². The third kappa shape index (κ3) is 5.57. The Labute approximate surface area is 139 Å². The fourth-order valence-electron chi connectivity index (χ4n) is 1.99. The molecule has 0 spiro atoms. The van der Waals surface area contributed by atoms with Crippen molar-refractivity contribution >= 4 is 17.8 Å². The molecule has 0 unspecified atom stereocenters. The summed E-state index contributed by atoms with van der Waals surface area (Å²) in [6.07, 6.45) is 0.211. The summed E-state index contributed by atoms with van der Waals surface area (Å²) in [6, 6.07) is 15.7. The number of nitrogens with two attached hydrogens (primary N) is 1. The lowest BCUT2D eigenvalue weighted by molar-refractivity contribution is -0.145. The minimum atomic E-state index is -0.532. The maximum absolute atomic E-state index is 11.7. The highest BCUT2D eigenvalue weighted by Gasteiger charge is 2.08. The molecule has 2 amide bonds. The van der Waals surface area contributed by atoms with Gasteiger partial charge in [0.1, 0.15) is 13.2 Å². The smallest absolute Gasteiger partial charge is 0.325 e. The summed E-state index contributed by atoms with van der Waals surface area (Å²) >= 11 is 0. The molecule has 6 nitrogen and oxygen atoms in total. The van der Waals surface area contributed by atoms with E-state index in [1.165, 1.54) is 0 Å². The normalized spacial score (nSPS) is 10.0. The molecule has 0 heterocycles. The second-order valence-electron chi connectivity index (χ2n) is 5.16. The van der Waals surface area contributed by atoms with Crippen molar-refractivity contribution in [2.75, 3.05) is 6.54 Å². The topological polar surface area (TPSA) is 98.5 Å². The lowest BCUT2D eigenvalue weighted by Gasteiger charge is -2.07. The van der Waals surface area contributed by atoms with Gasteiger partial charge in [-0.05, 0) is 23.3 Å². The van der Waals surface area contributed by atoms with Gasteiger partial charge in [0.05, 0.1) is 6.42 Å². The van der Waals surface area contributed by atoms with E-state index in [9.17, 15) is 14.4 Å². The molecule has 0 atom stereocenters. The summed E-state index contributed by atoms with van der Waals surface area (Å²) in [5, 5.41) is 2.52. The average Bonchev–Trinajstić information content (AvgIpc) is 2.59. The lowest BCUT2D eigenvalue weighted by Crippen LogP contribution is -2.31. The molecule has 3 N–H and O–H groups in total. The molecule has 0 aliphatic rings. The van der Waals surface area contributed by atoms with Crippen molar-refractivity contribution in [3.05, 3.63) is 71.3 Å². The van der Waals surface area contributed by atoms with Crippen molar-refractivity contribution in [1.82, 2.24) is 5.32 Å². The number of benzene rings is 2. The Balaban J connectivity index is 1.71. The number of hydrogen-bond acceptors (Lipinski definition) is 4. The number of primary amides is 1. The fraction of sp³-hybridized carbons (Fsp3) is 0.167. The number of rotatable bonds is 7. The molecule has 0 aliphatic carbocycles. The van der Waals surface area contributed by atoms with Gasteiger partial charge >= 0.3 is 5.97 Å². The van der Waals surface area contributed by atoms with Crippen LogP contribution >= 0.6 is 0 Å². The van der Waals surface area contributed by atoms with E-state index in [-0.39, 0.29) is 25.5 Å². The van der Waals surface area contributed by atoms with E-state index in [0.717, 1.165) is 11.1 Å². The number of hydrogen-bond donors (Lipinski definition) is 2. The highest BCUT2D eigenvalue weighted by Crippen LogP contribution is 2.05. The monoisotopic (exact) mass is 326 g/mol. The molecule has 0 fully saturated rings. The van der Waals surface area contributed by atoms with Crippen molar-refractivity contribution in [2.45, 2.75) is 13.0 Å². The molecule has 0 radical (unpaired) electrons. The summed E-state index contributed by atoms with van der Waals surface area (Å²) in [6.45, 7) is -0.128. The van der Waals surface area contributed by atoms with Crippen LogP contribution in [0.1, 0.15) is 21.5 Å². The van der Waals surface area contributed by atoms with Gasteiger partial charge in [0.25, 0.3) is 0 Å². The van der Waals surface area contributed by atoms with Gasteiger partial charge in [-0.1, -0.05) is 42.5 Å². The zero-order chi connectivity index (χ0) is 17.4. The molecule has 0 aliphatic heterocycles. The maximum atomic E-state index is 11.7. The predicted molar refractivity (Wildman–Crippen MR) is 87.9 cm³/mol. The third-order valence-corrected chi connectivity index (χ3v) is 3.28. The second kappa shape index (κ2) is 8.47. The Morgan fingerprint density at radius 2 is 1.58 bits per heavy atom.